The highest BCUT2D eigenvalue weighted by molar-refractivity contribution is 6.30. The molecule has 110 valence electrons. The molecule has 0 spiro atoms. The van der Waals surface area contributed by atoms with Crippen molar-refractivity contribution < 1.29 is 0 Å². The van der Waals surface area contributed by atoms with Crippen molar-refractivity contribution in [2.45, 2.75) is 31.3 Å². The topological polar surface area (TPSA) is 32.5 Å². The first-order valence-electron chi connectivity index (χ1n) is 7.70. The number of hydrogen-bond acceptors (Lipinski definition) is 3. The van der Waals surface area contributed by atoms with Gasteiger partial charge in [0.2, 0.25) is 0 Å². The maximum Gasteiger partial charge on any atom is 0.0409 e. The van der Waals surface area contributed by atoms with Crippen molar-refractivity contribution >= 4 is 11.6 Å². The van der Waals surface area contributed by atoms with Gasteiger partial charge in [0.25, 0.3) is 0 Å². The van der Waals surface area contributed by atoms with E-state index >= 15 is 0 Å². The third-order valence-corrected chi connectivity index (χ3v) is 4.94. The van der Waals surface area contributed by atoms with Crippen molar-refractivity contribution in [1.82, 2.24) is 9.80 Å². The predicted molar refractivity (Wildman–Crippen MR) is 84.0 cm³/mol. The quantitative estimate of drug-likeness (QED) is 0.926. The largest absolute Gasteiger partial charge is 0.324 e. The minimum Gasteiger partial charge on any atom is -0.324 e. The van der Waals surface area contributed by atoms with Crippen LogP contribution in [-0.2, 0) is 0 Å². The highest BCUT2D eigenvalue weighted by atomic mass is 35.5. The Kier molecular flexibility index (Phi) is 4.61. The molecule has 0 amide bonds. The molecule has 0 saturated carbocycles. The smallest absolute Gasteiger partial charge is 0.0409 e. The van der Waals surface area contributed by atoms with Crippen LogP contribution in [0.4, 0.5) is 0 Å². The Morgan fingerprint density at radius 3 is 3.05 bits per heavy atom. The van der Waals surface area contributed by atoms with Crippen molar-refractivity contribution in [2.75, 3.05) is 32.7 Å². The first-order valence-corrected chi connectivity index (χ1v) is 8.07. The Morgan fingerprint density at radius 1 is 1.30 bits per heavy atom. The number of fused-ring (bicyclic) bond motifs is 1. The normalized spacial score (nSPS) is 25.6. The van der Waals surface area contributed by atoms with Crippen molar-refractivity contribution in [3.63, 3.8) is 0 Å². The van der Waals surface area contributed by atoms with Gasteiger partial charge in [0.1, 0.15) is 0 Å². The predicted octanol–water partition coefficient (Wildman–Crippen LogP) is 2.51. The summed E-state index contributed by atoms with van der Waals surface area (Å²) in [4.78, 5) is 5.23. The zero-order valence-corrected chi connectivity index (χ0v) is 12.7. The molecule has 2 N–H and O–H groups in total. The monoisotopic (exact) mass is 293 g/mol. The van der Waals surface area contributed by atoms with E-state index in [1.54, 1.807) is 0 Å². The lowest BCUT2D eigenvalue weighted by Gasteiger charge is -2.37. The first-order chi connectivity index (χ1) is 9.72. The van der Waals surface area contributed by atoms with Crippen LogP contribution in [0.2, 0.25) is 5.02 Å². The second-order valence-corrected chi connectivity index (χ2v) is 6.52. The van der Waals surface area contributed by atoms with Gasteiger partial charge >= 0.3 is 0 Å². The number of halogens is 1. The fourth-order valence-electron chi connectivity index (χ4n) is 3.48. The molecule has 1 aromatic rings. The summed E-state index contributed by atoms with van der Waals surface area (Å²) in [6.45, 7) is 6.05. The molecule has 4 heteroatoms. The lowest BCUT2D eigenvalue weighted by Crippen LogP contribution is -2.50. The van der Waals surface area contributed by atoms with E-state index < -0.39 is 0 Å². The summed E-state index contributed by atoms with van der Waals surface area (Å²) < 4.78 is 0. The molecule has 2 heterocycles. The third kappa shape index (κ3) is 3.34. The van der Waals surface area contributed by atoms with Crippen LogP contribution >= 0.6 is 11.6 Å². The van der Waals surface area contributed by atoms with E-state index in [2.05, 4.69) is 15.9 Å². The van der Waals surface area contributed by atoms with E-state index in [0.29, 0.717) is 0 Å². The summed E-state index contributed by atoms with van der Waals surface area (Å²) >= 11 is 6.03. The summed E-state index contributed by atoms with van der Waals surface area (Å²) in [6, 6.07) is 8.83. The Morgan fingerprint density at radius 2 is 2.20 bits per heavy atom. The molecule has 20 heavy (non-hydrogen) atoms. The van der Waals surface area contributed by atoms with E-state index in [9.17, 15) is 0 Å². The second-order valence-electron chi connectivity index (χ2n) is 6.08. The van der Waals surface area contributed by atoms with E-state index in [1.165, 1.54) is 39.0 Å². The Labute approximate surface area is 126 Å². The minimum atomic E-state index is 0.0929. The average Bonchev–Trinajstić information content (AvgIpc) is 2.92. The standard InChI is InChI=1S/C16H24ClN3/c17-14-4-1-3-13(11-14)16(18)6-8-19-9-10-20-7-2-5-15(20)12-19/h1,3-4,11,15-16H,2,5-10,12,18H2. The van der Waals surface area contributed by atoms with Crippen LogP contribution in [0.3, 0.4) is 0 Å². The van der Waals surface area contributed by atoms with Gasteiger partial charge in [-0.25, -0.2) is 0 Å². The molecule has 3 nitrogen and oxygen atoms in total. The Bertz CT molecular complexity index is 451. The molecular weight excluding hydrogens is 270 g/mol. The molecule has 2 aliphatic rings. The molecule has 0 aromatic heterocycles. The van der Waals surface area contributed by atoms with Crippen LogP contribution in [0.1, 0.15) is 30.9 Å². The first kappa shape index (κ1) is 14.3. The molecule has 2 atom stereocenters. The van der Waals surface area contributed by atoms with Crippen LogP contribution in [-0.4, -0.2) is 48.6 Å². The minimum absolute atomic E-state index is 0.0929. The number of nitrogens with zero attached hydrogens (tertiary/aromatic N) is 2. The molecule has 3 rings (SSSR count). The lowest BCUT2D eigenvalue weighted by atomic mass is 10.0. The number of hydrogen-bond donors (Lipinski definition) is 1. The van der Waals surface area contributed by atoms with Gasteiger partial charge in [0.15, 0.2) is 0 Å². The molecule has 2 saturated heterocycles. The number of piperazine rings is 1. The highest BCUT2D eigenvalue weighted by Gasteiger charge is 2.30. The van der Waals surface area contributed by atoms with Crippen LogP contribution in [0.15, 0.2) is 24.3 Å². The maximum atomic E-state index is 6.29. The molecule has 2 fully saturated rings. The van der Waals surface area contributed by atoms with E-state index in [0.717, 1.165) is 29.6 Å². The molecule has 2 unspecified atom stereocenters. The molecule has 0 radical (unpaired) electrons. The molecule has 0 bridgehead atoms. The molecule has 2 aliphatic heterocycles. The second kappa shape index (κ2) is 6.44. The van der Waals surface area contributed by atoms with Crippen LogP contribution in [0.25, 0.3) is 0 Å². The van der Waals surface area contributed by atoms with Gasteiger partial charge in [-0.05, 0) is 43.5 Å². The van der Waals surface area contributed by atoms with Gasteiger partial charge in [-0.3, -0.25) is 4.90 Å². The van der Waals surface area contributed by atoms with Gasteiger partial charge in [-0.2, -0.15) is 0 Å². The average molecular weight is 294 g/mol. The summed E-state index contributed by atoms with van der Waals surface area (Å²) in [5.41, 5.74) is 7.44. The SMILES string of the molecule is NC(CCN1CCN2CCCC2C1)c1cccc(Cl)c1. The van der Waals surface area contributed by atoms with Crippen molar-refractivity contribution in [2.24, 2.45) is 5.73 Å². The van der Waals surface area contributed by atoms with Crippen molar-refractivity contribution in [1.29, 1.82) is 0 Å². The van der Waals surface area contributed by atoms with E-state index in [-0.39, 0.29) is 6.04 Å². The van der Waals surface area contributed by atoms with Gasteiger partial charge in [-0.15, -0.1) is 0 Å². The van der Waals surface area contributed by atoms with Gasteiger partial charge in [-0.1, -0.05) is 23.7 Å². The van der Waals surface area contributed by atoms with Crippen LogP contribution < -0.4 is 5.73 Å². The fourth-order valence-corrected chi connectivity index (χ4v) is 3.68. The number of rotatable bonds is 4. The zero-order valence-electron chi connectivity index (χ0n) is 12.0. The van der Waals surface area contributed by atoms with Crippen LogP contribution in [0.5, 0.6) is 0 Å². The summed E-state index contributed by atoms with van der Waals surface area (Å²) in [7, 11) is 0. The van der Waals surface area contributed by atoms with Crippen LogP contribution in [0, 0.1) is 0 Å². The number of nitrogens with two attached hydrogens (primary N) is 1. The third-order valence-electron chi connectivity index (χ3n) is 4.70. The van der Waals surface area contributed by atoms with Crippen molar-refractivity contribution in [3.05, 3.63) is 34.9 Å². The number of benzene rings is 1. The summed E-state index contributed by atoms with van der Waals surface area (Å²) in [6.07, 6.45) is 3.75. The molecule has 0 aliphatic carbocycles. The molecular formula is C16H24ClN3. The van der Waals surface area contributed by atoms with Crippen molar-refractivity contribution in [3.8, 4) is 0 Å². The fraction of sp³-hybridized carbons (Fsp3) is 0.625. The molecule has 1 aromatic carbocycles. The zero-order chi connectivity index (χ0) is 13.9. The maximum absolute atomic E-state index is 6.29. The van der Waals surface area contributed by atoms with E-state index in [1.807, 2.05) is 18.2 Å². The summed E-state index contributed by atoms with van der Waals surface area (Å²) in [5.74, 6) is 0. The highest BCUT2D eigenvalue weighted by Crippen LogP contribution is 2.23. The lowest BCUT2D eigenvalue weighted by molar-refractivity contribution is 0.102. The van der Waals surface area contributed by atoms with Gasteiger partial charge < -0.3 is 10.6 Å². The van der Waals surface area contributed by atoms with E-state index in [4.69, 9.17) is 17.3 Å². The Balaban J connectivity index is 1.49. The van der Waals surface area contributed by atoms with Gasteiger partial charge in [0, 0.05) is 43.3 Å². The Hall–Kier alpha value is -0.610. The van der Waals surface area contributed by atoms with Gasteiger partial charge in [0.05, 0.1) is 0 Å². The summed E-state index contributed by atoms with van der Waals surface area (Å²) in [5, 5.41) is 0.775.